The molecule has 2 aromatic heterocycles. The highest BCUT2D eigenvalue weighted by Crippen LogP contribution is 2.31. The van der Waals surface area contributed by atoms with E-state index in [1.165, 1.54) is 18.3 Å². The van der Waals surface area contributed by atoms with Crippen molar-refractivity contribution in [3.63, 3.8) is 0 Å². The lowest BCUT2D eigenvalue weighted by molar-refractivity contribution is -0.125. The number of carbonyl (C=O) groups is 2. The minimum atomic E-state index is -1.32. The number of anilines is 1. The topological polar surface area (TPSA) is 104 Å². The van der Waals surface area contributed by atoms with Crippen LogP contribution >= 0.6 is 11.3 Å². The van der Waals surface area contributed by atoms with Gasteiger partial charge in [0.15, 0.2) is 5.82 Å². The fraction of sp³-hybridized carbons (Fsp3) is 0.286. The first-order chi connectivity index (χ1) is 10.5. The van der Waals surface area contributed by atoms with E-state index >= 15 is 0 Å². The van der Waals surface area contributed by atoms with Crippen LogP contribution in [0.25, 0.3) is 10.6 Å². The summed E-state index contributed by atoms with van der Waals surface area (Å²) < 4.78 is 0. The number of hydrogen-bond donors (Lipinski definition) is 2. The maximum atomic E-state index is 12.0. The van der Waals surface area contributed by atoms with Crippen molar-refractivity contribution in [1.29, 1.82) is 0 Å². The predicted molar refractivity (Wildman–Crippen MR) is 78.9 cm³/mol. The number of hydrogen-bond acceptors (Lipinski definition) is 7. The number of amides is 2. The molecule has 1 saturated heterocycles. The summed E-state index contributed by atoms with van der Waals surface area (Å²) in [6, 6.07) is 3.43. The Kier molecular flexibility index (Phi) is 3.73. The molecule has 3 heterocycles. The summed E-state index contributed by atoms with van der Waals surface area (Å²) in [5.74, 6) is -1.65. The van der Waals surface area contributed by atoms with Gasteiger partial charge in [0.05, 0.1) is 18.2 Å². The van der Waals surface area contributed by atoms with Crippen molar-refractivity contribution in [2.75, 3.05) is 4.90 Å². The van der Waals surface area contributed by atoms with Gasteiger partial charge in [-0.15, -0.1) is 11.3 Å². The zero-order chi connectivity index (χ0) is 15.9. The van der Waals surface area contributed by atoms with Crippen LogP contribution in [0.3, 0.4) is 0 Å². The van der Waals surface area contributed by atoms with E-state index in [9.17, 15) is 14.7 Å². The van der Waals surface area contributed by atoms with E-state index in [1.807, 2.05) is 0 Å². The number of imide groups is 1. The first kappa shape index (κ1) is 14.8. The van der Waals surface area contributed by atoms with Crippen LogP contribution in [0.5, 0.6) is 0 Å². The Labute approximate surface area is 129 Å². The number of carbonyl (C=O) groups excluding carboxylic acids is 2. The van der Waals surface area contributed by atoms with Gasteiger partial charge in [-0.05, 0) is 12.1 Å². The fourth-order valence-electron chi connectivity index (χ4n) is 2.16. The molecular formula is C14H13N3O4S. The van der Waals surface area contributed by atoms with Gasteiger partial charge < -0.3 is 10.2 Å². The maximum Gasteiger partial charge on any atom is 0.264 e. The summed E-state index contributed by atoms with van der Waals surface area (Å²) in [4.78, 5) is 33.2. The van der Waals surface area contributed by atoms with Gasteiger partial charge in [0.25, 0.3) is 5.91 Å². The third-order valence-electron chi connectivity index (χ3n) is 3.51. The first-order valence-corrected chi connectivity index (χ1v) is 7.48. The number of rotatable bonds is 3. The van der Waals surface area contributed by atoms with Crippen LogP contribution in [0.4, 0.5) is 5.82 Å². The molecule has 1 aliphatic heterocycles. The molecular weight excluding hydrogens is 306 g/mol. The van der Waals surface area contributed by atoms with Crippen LogP contribution in [0.1, 0.15) is 12.6 Å². The molecule has 1 fully saturated rings. The second-order valence-electron chi connectivity index (χ2n) is 4.95. The smallest absolute Gasteiger partial charge is 0.264 e. The molecule has 0 bridgehead atoms. The molecule has 0 aliphatic carbocycles. The molecule has 1 aliphatic rings. The van der Waals surface area contributed by atoms with E-state index in [0.717, 1.165) is 10.5 Å². The van der Waals surface area contributed by atoms with E-state index < -0.39 is 23.8 Å². The zero-order valence-corrected chi connectivity index (χ0v) is 12.4. The molecule has 2 aromatic rings. The normalized spacial score (nSPS) is 21.7. The summed E-state index contributed by atoms with van der Waals surface area (Å²) in [6.07, 6.45) is 0.252. The average Bonchev–Trinajstić information content (AvgIpc) is 3.08. The Hall–Kier alpha value is -2.16. The van der Waals surface area contributed by atoms with Crippen molar-refractivity contribution in [1.82, 2.24) is 9.97 Å². The molecule has 2 amide bonds. The van der Waals surface area contributed by atoms with E-state index in [4.69, 9.17) is 5.11 Å². The van der Waals surface area contributed by atoms with Crippen LogP contribution in [0.2, 0.25) is 0 Å². The Morgan fingerprint density at radius 1 is 1.32 bits per heavy atom. The molecule has 114 valence electrons. The van der Waals surface area contributed by atoms with E-state index in [1.54, 1.807) is 23.7 Å². The Bertz CT molecular complexity index is 708. The van der Waals surface area contributed by atoms with Crippen molar-refractivity contribution >= 4 is 29.0 Å². The summed E-state index contributed by atoms with van der Waals surface area (Å²) in [7, 11) is 0. The zero-order valence-electron chi connectivity index (χ0n) is 11.6. The number of aromatic nitrogens is 2. The lowest BCUT2D eigenvalue weighted by Crippen LogP contribution is -2.32. The van der Waals surface area contributed by atoms with Gasteiger partial charge in [0, 0.05) is 17.1 Å². The van der Waals surface area contributed by atoms with Crippen molar-refractivity contribution in [3.8, 4) is 10.6 Å². The van der Waals surface area contributed by atoms with Gasteiger partial charge in [-0.25, -0.2) is 9.88 Å². The second-order valence-corrected chi connectivity index (χ2v) is 5.81. The fourth-order valence-corrected chi connectivity index (χ4v) is 2.94. The van der Waals surface area contributed by atoms with Gasteiger partial charge >= 0.3 is 0 Å². The Balaban J connectivity index is 1.90. The summed E-state index contributed by atoms with van der Waals surface area (Å²) in [6.45, 7) is 1.37. The molecule has 2 atom stereocenters. The largest absolute Gasteiger partial charge is 0.390 e. The second kappa shape index (κ2) is 5.56. The third kappa shape index (κ3) is 2.31. The van der Waals surface area contributed by atoms with Gasteiger partial charge in [-0.1, -0.05) is 6.92 Å². The maximum absolute atomic E-state index is 12.0. The van der Waals surface area contributed by atoms with Crippen molar-refractivity contribution in [3.05, 3.63) is 29.4 Å². The highest BCUT2D eigenvalue weighted by molar-refractivity contribution is 7.13. The van der Waals surface area contributed by atoms with Crippen molar-refractivity contribution < 1.29 is 19.8 Å². The Morgan fingerprint density at radius 3 is 2.64 bits per heavy atom. The molecule has 8 heteroatoms. The van der Waals surface area contributed by atoms with Crippen LogP contribution in [-0.2, 0) is 16.2 Å². The van der Waals surface area contributed by atoms with E-state index in [2.05, 4.69) is 9.97 Å². The molecule has 0 aromatic carbocycles. The highest BCUT2D eigenvalue weighted by atomic mass is 32.1. The van der Waals surface area contributed by atoms with Crippen LogP contribution in [0.15, 0.2) is 23.7 Å². The minimum Gasteiger partial charge on any atom is -0.390 e. The summed E-state index contributed by atoms with van der Waals surface area (Å²) in [5.41, 5.74) is 1.27. The molecule has 7 nitrogen and oxygen atoms in total. The van der Waals surface area contributed by atoms with Gasteiger partial charge in [-0.3, -0.25) is 14.6 Å². The summed E-state index contributed by atoms with van der Waals surface area (Å²) in [5, 5.41) is 20.8. The van der Waals surface area contributed by atoms with Crippen molar-refractivity contribution in [2.24, 2.45) is 5.92 Å². The number of pyridine rings is 1. The van der Waals surface area contributed by atoms with Crippen molar-refractivity contribution in [2.45, 2.75) is 19.6 Å². The lowest BCUT2D eigenvalue weighted by Gasteiger charge is -2.09. The standard InChI is InChI=1S/C14H13N3O4S/c1-7-11(19)14(21)17(13(7)20)10-6-22-12(16-10)8-2-3-9(5-18)15-4-8/h2-4,6-7,11,18-19H,5H2,1H3. The number of thiazole rings is 1. The third-order valence-corrected chi connectivity index (χ3v) is 4.39. The first-order valence-electron chi connectivity index (χ1n) is 6.60. The number of aliphatic hydroxyl groups is 2. The molecule has 0 saturated carbocycles. The van der Waals surface area contributed by atoms with Crippen LogP contribution in [-0.4, -0.2) is 38.1 Å². The van der Waals surface area contributed by atoms with Crippen LogP contribution in [0, 0.1) is 5.92 Å². The lowest BCUT2D eigenvalue weighted by atomic mass is 10.1. The molecule has 2 unspecified atom stereocenters. The molecule has 0 radical (unpaired) electrons. The highest BCUT2D eigenvalue weighted by Gasteiger charge is 2.45. The minimum absolute atomic E-state index is 0.143. The number of aliphatic hydroxyl groups excluding tert-OH is 2. The average molecular weight is 319 g/mol. The predicted octanol–water partition coefficient (Wildman–Crippen LogP) is 0.568. The van der Waals surface area contributed by atoms with Gasteiger partial charge in [-0.2, -0.15) is 0 Å². The van der Waals surface area contributed by atoms with Gasteiger partial charge in [0.1, 0.15) is 11.1 Å². The molecule has 22 heavy (non-hydrogen) atoms. The van der Waals surface area contributed by atoms with Crippen LogP contribution < -0.4 is 4.90 Å². The summed E-state index contributed by atoms with van der Waals surface area (Å²) >= 11 is 1.27. The van der Waals surface area contributed by atoms with E-state index in [0.29, 0.717) is 10.7 Å². The van der Waals surface area contributed by atoms with Gasteiger partial charge in [0.2, 0.25) is 5.91 Å². The Morgan fingerprint density at radius 2 is 2.09 bits per heavy atom. The molecule has 0 spiro atoms. The molecule has 3 rings (SSSR count). The van der Waals surface area contributed by atoms with E-state index in [-0.39, 0.29) is 12.4 Å². The quantitative estimate of drug-likeness (QED) is 0.802. The SMILES string of the molecule is CC1C(=O)N(c2csc(-c3ccc(CO)nc3)n2)C(=O)C1O. The molecule has 2 N–H and O–H groups in total. The number of nitrogens with zero attached hydrogens (tertiary/aromatic N) is 3. The monoisotopic (exact) mass is 319 g/mol.